The summed E-state index contributed by atoms with van der Waals surface area (Å²) in [6, 6.07) is 3.42. The molecule has 5 N–H and O–H groups in total. The highest BCUT2D eigenvalue weighted by Gasteiger charge is 2.14. The van der Waals surface area contributed by atoms with Crippen molar-refractivity contribution < 1.29 is 14.9 Å². The van der Waals surface area contributed by atoms with Crippen molar-refractivity contribution in [3.63, 3.8) is 0 Å². The molecule has 1 atom stereocenters. The molecule has 0 bridgehead atoms. The van der Waals surface area contributed by atoms with Crippen LogP contribution in [0.25, 0.3) is 0 Å². The average molecular weight is 240 g/mol. The quantitative estimate of drug-likeness (QED) is 0.456. The number of benzene rings is 1. The standard InChI is InChI=1S/C12H20N2O3/c1-7(2)14-6-10(15)8-4-9(13)12(16)11(5-8)17-3/h4-5,7,10,14-16H,6,13H2,1-3H3. The molecule has 0 saturated carbocycles. The normalized spacial score (nSPS) is 12.8. The van der Waals surface area contributed by atoms with Crippen LogP contribution in [-0.4, -0.2) is 29.9 Å². The molecule has 1 rings (SSSR count). The summed E-state index contributed by atoms with van der Waals surface area (Å²) < 4.78 is 4.98. The van der Waals surface area contributed by atoms with Crippen LogP contribution < -0.4 is 15.8 Å². The summed E-state index contributed by atoms with van der Waals surface area (Å²) in [6.07, 6.45) is -0.686. The second-order valence-corrected chi connectivity index (χ2v) is 4.24. The summed E-state index contributed by atoms with van der Waals surface area (Å²) in [5, 5.41) is 22.6. The number of aromatic hydroxyl groups is 1. The minimum Gasteiger partial charge on any atom is -0.503 e. The second-order valence-electron chi connectivity index (χ2n) is 4.24. The Bertz CT molecular complexity index is 380. The third-order valence-corrected chi connectivity index (χ3v) is 2.45. The van der Waals surface area contributed by atoms with Gasteiger partial charge >= 0.3 is 0 Å². The topological polar surface area (TPSA) is 87.7 Å². The van der Waals surface area contributed by atoms with Crippen molar-refractivity contribution in [3.05, 3.63) is 17.7 Å². The van der Waals surface area contributed by atoms with Crippen LogP contribution in [0, 0.1) is 0 Å². The SMILES string of the molecule is COc1cc(C(O)CNC(C)C)cc(N)c1O. The van der Waals surface area contributed by atoms with E-state index in [0.29, 0.717) is 18.2 Å². The van der Waals surface area contributed by atoms with Crippen molar-refractivity contribution in [1.82, 2.24) is 5.32 Å². The number of ether oxygens (including phenoxy) is 1. The molecule has 1 aromatic rings. The Kier molecular flexibility index (Phi) is 4.60. The van der Waals surface area contributed by atoms with E-state index in [1.807, 2.05) is 13.8 Å². The molecular weight excluding hydrogens is 220 g/mol. The third kappa shape index (κ3) is 3.51. The minimum absolute atomic E-state index is 0.0970. The fraction of sp³-hybridized carbons (Fsp3) is 0.500. The number of nitrogen functional groups attached to an aromatic ring is 1. The molecule has 0 aliphatic rings. The molecule has 5 nitrogen and oxygen atoms in total. The summed E-state index contributed by atoms with van der Waals surface area (Å²) in [4.78, 5) is 0. The lowest BCUT2D eigenvalue weighted by Gasteiger charge is -2.16. The van der Waals surface area contributed by atoms with Crippen LogP contribution >= 0.6 is 0 Å². The van der Waals surface area contributed by atoms with Gasteiger partial charge in [-0.1, -0.05) is 13.8 Å². The molecule has 0 heterocycles. The number of phenolic OH excluding ortho intramolecular Hbond substituents is 1. The number of hydrogen-bond donors (Lipinski definition) is 4. The number of phenols is 1. The largest absolute Gasteiger partial charge is 0.503 e. The van der Waals surface area contributed by atoms with Gasteiger partial charge in [0, 0.05) is 12.6 Å². The molecular formula is C12H20N2O3. The summed E-state index contributed by atoms with van der Waals surface area (Å²) in [5.41, 5.74) is 6.44. The molecule has 0 aliphatic carbocycles. The molecule has 1 unspecified atom stereocenters. The van der Waals surface area contributed by atoms with Crippen molar-refractivity contribution in [2.45, 2.75) is 26.0 Å². The van der Waals surface area contributed by atoms with Crippen molar-refractivity contribution in [3.8, 4) is 11.5 Å². The van der Waals surface area contributed by atoms with Crippen LogP contribution in [0.15, 0.2) is 12.1 Å². The Morgan fingerprint density at radius 2 is 2.06 bits per heavy atom. The molecule has 0 amide bonds. The van der Waals surface area contributed by atoms with E-state index in [0.717, 1.165) is 0 Å². The fourth-order valence-electron chi connectivity index (χ4n) is 1.46. The maximum atomic E-state index is 9.95. The van der Waals surface area contributed by atoms with Gasteiger partial charge in [-0.15, -0.1) is 0 Å². The predicted molar refractivity (Wildman–Crippen MR) is 67.2 cm³/mol. The van der Waals surface area contributed by atoms with E-state index in [4.69, 9.17) is 10.5 Å². The molecule has 0 radical (unpaired) electrons. The highest BCUT2D eigenvalue weighted by molar-refractivity contribution is 5.61. The number of anilines is 1. The van der Waals surface area contributed by atoms with Crippen LogP contribution in [0.1, 0.15) is 25.5 Å². The molecule has 96 valence electrons. The van der Waals surface area contributed by atoms with E-state index >= 15 is 0 Å². The Morgan fingerprint density at radius 3 is 2.59 bits per heavy atom. The summed E-state index contributed by atoms with van der Waals surface area (Å²) in [5.74, 6) is 0.170. The van der Waals surface area contributed by atoms with Crippen LogP contribution in [0.5, 0.6) is 11.5 Å². The van der Waals surface area contributed by atoms with Gasteiger partial charge in [0.25, 0.3) is 0 Å². The Balaban J connectivity index is 2.87. The lowest BCUT2D eigenvalue weighted by molar-refractivity contribution is 0.171. The third-order valence-electron chi connectivity index (χ3n) is 2.45. The molecule has 0 aliphatic heterocycles. The Morgan fingerprint density at radius 1 is 1.41 bits per heavy atom. The minimum atomic E-state index is -0.686. The molecule has 17 heavy (non-hydrogen) atoms. The number of aliphatic hydroxyl groups excluding tert-OH is 1. The van der Waals surface area contributed by atoms with Crippen LogP contribution in [0.2, 0.25) is 0 Å². The first-order valence-electron chi connectivity index (χ1n) is 5.53. The van der Waals surface area contributed by atoms with Gasteiger partial charge in [0.2, 0.25) is 0 Å². The lowest BCUT2D eigenvalue weighted by Crippen LogP contribution is -2.27. The number of hydrogen-bond acceptors (Lipinski definition) is 5. The maximum Gasteiger partial charge on any atom is 0.181 e. The molecule has 0 spiro atoms. The maximum absolute atomic E-state index is 9.95. The first-order chi connectivity index (χ1) is 7.95. The highest BCUT2D eigenvalue weighted by Crippen LogP contribution is 2.35. The summed E-state index contributed by atoms with van der Waals surface area (Å²) in [7, 11) is 1.44. The number of aliphatic hydroxyl groups is 1. The van der Waals surface area contributed by atoms with Crippen LogP contribution in [-0.2, 0) is 0 Å². The van der Waals surface area contributed by atoms with Gasteiger partial charge in [-0.25, -0.2) is 0 Å². The summed E-state index contributed by atoms with van der Waals surface area (Å²) in [6.45, 7) is 4.42. The Hall–Kier alpha value is -1.46. The van der Waals surface area contributed by atoms with Crippen molar-refractivity contribution in [1.29, 1.82) is 0 Å². The predicted octanol–water partition coefficient (Wildman–Crippen LogP) is 1.01. The monoisotopic (exact) mass is 240 g/mol. The van der Waals surface area contributed by atoms with Gasteiger partial charge in [-0.3, -0.25) is 0 Å². The Labute approximate surface area is 101 Å². The summed E-state index contributed by atoms with van der Waals surface area (Å²) >= 11 is 0. The second kappa shape index (κ2) is 5.75. The molecule has 5 heteroatoms. The van der Waals surface area contributed by atoms with Gasteiger partial charge in [0.1, 0.15) is 0 Å². The zero-order chi connectivity index (χ0) is 13.0. The van der Waals surface area contributed by atoms with Crippen molar-refractivity contribution in [2.75, 3.05) is 19.4 Å². The molecule has 0 aromatic heterocycles. The van der Waals surface area contributed by atoms with Crippen molar-refractivity contribution >= 4 is 5.69 Å². The fourth-order valence-corrected chi connectivity index (χ4v) is 1.46. The van der Waals surface area contributed by atoms with Crippen LogP contribution in [0.4, 0.5) is 5.69 Å². The first kappa shape index (κ1) is 13.6. The van der Waals surface area contributed by atoms with E-state index < -0.39 is 6.10 Å². The van der Waals surface area contributed by atoms with E-state index in [-0.39, 0.29) is 17.2 Å². The zero-order valence-corrected chi connectivity index (χ0v) is 10.4. The van der Waals surface area contributed by atoms with Crippen LogP contribution in [0.3, 0.4) is 0 Å². The number of rotatable bonds is 5. The average Bonchev–Trinajstić information content (AvgIpc) is 2.29. The first-order valence-corrected chi connectivity index (χ1v) is 5.53. The molecule has 1 aromatic carbocycles. The van der Waals surface area contributed by atoms with Gasteiger partial charge in [-0.05, 0) is 17.7 Å². The van der Waals surface area contributed by atoms with Crippen molar-refractivity contribution in [2.24, 2.45) is 0 Å². The lowest BCUT2D eigenvalue weighted by atomic mass is 10.1. The molecule has 0 saturated heterocycles. The molecule has 0 fully saturated rings. The van der Waals surface area contributed by atoms with Gasteiger partial charge < -0.3 is 26.0 Å². The highest BCUT2D eigenvalue weighted by atomic mass is 16.5. The number of nitrogens with two attached hydrogens (primary N) is 1. The van der Waals surface area contributed by atoms with Gasteiger partial charge in [0.05, 0.1) is 18.9 Å². The van der Waals surface area contributed by atoms with E-state index in [1.165, 1.54) is 7.11 Å². The van der Waals surface area contributed by atoms with E-state index in [2.05, 4.69) is 5.32 Å². The van der Waals surface area contributed by atoms with Gasteiger partial charge in [0.15, 0.2) is 11.5 Å². The zero-order valence-electron chi connectivity index (χ0n) is 10.4. The smallest absolute Gasteiger partial charge is 0.181 e. The number of methoxy groups -OCH3 is 1. The van der Waals surface area contributed by atoms with Gasteiger partial charge in [-0.2, -0.15) is 0 Å². The van der Waals surface area contributed by atoms with E-state index in [1.54, 1.807) is 12.1 Å². The number of nitrogens with one attached hydrogen (secondary N) is 1. The van der Waals surface area contributed by atoms with E-state index in [9.17, 15) is 10.2 Å².